The van der Waals surface area contributed by atoms with E-state index < -0.39 is 15.9 Å². The molecule has 0 amide bonds. The van der Waals surface area contributed by atoms with Crippen molar-refractivity contribution in [2.75, 3.05) is 32.1 Å². The molecule has 78 valence electrons. The van der Waals surface area contributed by atoms with E-state index in [1.807, 2.05) is 19.0 Å². The number of aliphatic hydroxyl groups is 1. The first-order valence-corrected chi connectivity index (χ1v) is 6.26. The van der Waals surface area contributed by atoms with Crippen LogP contribution in [0.5, 0.6) is 0 Å². The molecule has 0 bridgehead atoms. The highest BCUT2D eigenvalue weighted by Gasteiger charge is 2.32. The van der Waals surface area contributed by atoms with Gasteiger partial charge in [-0.15, -0.1) is 0 Å². The minimum atomic E-state index is -2.85. The zero-order valence-electron chi connectivity index (χ0n) is 8.10. The molecule has 4 nitrogen and oxygen atoms in total. The van der Waals surface area contributed by atoms with Crippen LogP contribution in [0.3, 0.4) is 0 Å². The molecular formula is C8H17NO3S. The molecule has 0 spiro atoms. The molecule has 1 fully saturated rings. The maximum Gasteiger partial charge on any atom is 0.150 e. The van der Waals surface area contributed by atoms with Gasteiger partial charge in [0.1, 0.15) is 0 Å². The number of sulfone groups is 1. The van der Waals surface area contributed by atoms with E-state index in [1.54, 1.807) is 0 Å². The molecule has 1 N–H and O–H groups in total. The molecule has 5 heteroatoms. The minimum absolute atomic E-state index is 0.0626. The zero-order chi connectivity index (χ0) is 10.1. The number of nitrogens with zero attached hydrogens (tertiary/aromatic N) is 1. The van der Waals surface area contributed by atoms with Crippen LogP contribution >= 0.6 is 0 Å². The van der Waals surface area contributed by atoms with Gasteiger partial charge in [-0.3, -0.25) is 0 Å². The van der Waals surface area contributed by atoms with Gasteiger partial charge in [-0.25, -0.2) is 8.42 Å². The summed E-state index contributed by atoms with van der Waals surface area (Å²) in [5.74, 6) is 0.330. The largest absolute Gasteiger partial charge is 0.391 e. The third-order valence-corrected chi connectivity index (χ3v) is 4.16. The average molecular weight is 207 g/mol. The van der Waals surface area contributed by atoms with Gasteiger partial charge in [0, 0.05) is 12.5 Å². The second kappa shape index (κ2) is 3.94. The van der Waals surface area contributed by atoms with Crippen molar-refractivity contribution in [2.24, 2.45) is 5.92 Å². The van der Waals surface area contributed by atoms with Crippen molar-refractivity contribution in [1.29, 1.82) is 0 Å². The number of rotatable bonds is 3. The molecule has 1 heterocycles. The van der Waals surface area contributed by atoms with Crippen LogP contribution in [0.4, 0.5) is 0 Å². The predicted octanol–water partition coefficient (Wildman–Crippen LogP) is -0.656. The molecule has 13 heavy (non-hydrogen) atoms. The molecule has 1 aliphatic heterocycles. The van der Waals surface area contributed by atoms with E-state index in [2.05, 4.69) is 0 Å². The Morgan fingerprint density at radius 1 is 1.54 bits per heavy atom. The van der Waals surface area contributed by atoms with Gasteiger partial charge in [-0.05, 0) is 20.5 Å². The molecule has 0 saturated carbocycles. The average Bonchev–Trinajstić information content (AvgIpc) is 2.28. The van der Waals surface area contributed by atoms with Crippen LogP contribution in [-0.4, -0.2) is 56.7 Å². The van der Waals surface area contributed by atoms with E-state index in [1.165, 1.54) is 0 Å². The summed E-state index contributed by atoms with van der Waals surface area (Å²) in [5.41, 5.74) is 0. The third kappa shape index (κ3) is 3.25. The molecule has 0 radical (unpaired) electrons. The quantitative estimate of drug-likeness (QED) is 0.668. The van der Waals surface area contributed by atoms with Gasteiger partial charge in [0.25, 0.3) is 0 Å². The van der Waals surface area contributed by atoms with Gasteiger partial charge in [-0.1, -0.05) is 0 Å². The lowest BCUT2D eigenvalue weighted by atomic mass is 10.0. The van der Waals surface area contributed by atoms with Gasteiger partial charge >= 0.3 is 0 Å². The Morgan fingerprint density at radius 3 is 2.54 bits per heavy atom. The molecule has 1 aliphatic rings. The van der Waals surface area contributed by atoms with Gasteiger partial charge in [0.2, 0.25) is 0 Å². The summed E-state index contributed by atoms with van der Waals surface area (Å²) in [6, 6.07) is 0. The molecule has 2 unspecified atom stereocenters. The SMILES string of the molecule is CN(C)CC(O)C1CCS(=O)(=O)C1. The number of hydrogen-bond donors (Lipinski definition) is 1. The minimum Gasteiger partial charge on any atom is -0.391 e. The van der Waals surface area contributed by atoms with E-state index in [9.17, 15) is 13.5 Å². The van der Waals surface area contributed by atoms with Gasteiger partial charge in [0.15, 0.2) is 9.84 Å². The Morgan fingerprint density at radius 2 is 2.15 bits per heavy atom. The summed E-state index contributed by atoms with van der Waals surface area (Å²) in [6.07, 6.45) is 0.101. The molecule has 0 aromatic rings. The van der Waals surface area contributed by atoms with Crippen molar-refractivity contribution < 1.29 is 13.5 Å². The summed E-state index contributed by atoms with van der Waals surface area (Å²) >= 11 is 0. The van der Waals surface area contributed by atoms with E-state index in [0.717, 1.165) is 0 Å². The van der Waals surface area contributed by atoms with Crippen LogP contribution in [0.1, 0.15) is 6.42 Å². The van der Waals surface area contributed by atoms with Crippen LogP contribution < -0.4 is 0 Å². The maximum atomic E-state index is 11.1. The summed E-state index contributed by atoms with van der Waals surface area (Å²) in [7, 11) is 0.881. The predicted molar refractivity (Wildman–Crippen MR) is 51.3 cm³/mol. The van der Waals surface area contributed by atoms with Crippen LogP contribution in [-0.2, 0) is 9.84 Å². The smallest absolute Gasteiger partial charge is 0.150 e. The van der Waals surface area contributed by atoms with Gasteiger partial charge in [-0.2, -0.15) is 0 Å². The lowest BCUT2D eigenvalue weighted by Crippen LogP contribution is -2.32. The maximum absolute atomic E-state index is 11.1. The van der Waals surface area contributed by atoms with Gasteiger partial charge < -0.3 is 10.0 Å². The van der Waals surface area contributed by atoms with Crippen LogP contribution in [0, 0.1) is 5.92 Å². The fourth-order valence-corrected chi connectivity index (χ4v) is 3.52. The van der Waals surface area contributed by atoms with Crippen LogP contribution in [0.25, 0.3) is 0 Å². The van der Waals surface area contributed by atoms with Crippen molar-refractivity contribution in [3.63, 3.8) is 0 Å². The molecule has 1 rings (SSSR count). The highest BCUT2D eigenvalue weighted by molar-refractivity contribution is 7.91. The topological polar surface area (TPSA) is 57.6 Å². The highest BCUT2D eigenvalue weighted by Crippen LogP contribution is 2.21. The first-order chi connectivity index (χ1) is 5.91. The standard InChI is InChI=1S/C8H17NO3S/c1-9(2)5-8(10)7-3-4-13(11,12)6-7/h7-8,10H,3-6H2,1-2H3. The lowest BCUT2D eigenvalue weighted by Gasteiger charge is -2.20. The van der Waals surface area contributed by atoms with E-state index in [0.29, 0.717) is 13.0 Å². The Hall–Kier alpha value is -0.130. The van der Waals surface area contributed by atoms with Crippen molar-refractivity contribution in [1.82, 2.24) is 4.90 Å². The first-order valence-electron chi connectivity index (χ1n) is 4.44. The second-order valence-corrected chi connectivity index (χ2v) is 6.22. The van der Waals surface area contributed by atoms with Crippen LogP contribution in [0.2, 0.25) is 0 Å². The number of hydrogen-bond acceptors (Lipinski definition) is 4. The Bertz CT molecular complexity index is 261. The van der Waals surface area contributed by atoms with E-state index in [-0.39, 0.29) is 17.4 Å². The molecule has 2 atom stereocenters. The Kier molecular flexibility index (Phi) is 3.32. The second-order valence-electron chi connectivity index (χ2n) is 3.99. The van der Waals surface area contributed by atoms with Crippen molar-refractivity contribution in [2.45, 2.75) is 12.5 Å². The Labute approximate surface area is 79.5 Å². The normalized spacial score (nSPS) is 29.4. The number of aliphatic hydroxyl groups excluding tert-OH is 1. The molecule has 0 aliphatic carbocycles. The monoisotopic (exact) mass is 207 g/mol. The number of likely N-dealkylation sites (N-methyl/N-ethyl adjacent to an activating group) is 1. The summed E-state index contributed by atoms with van der Waals surface area (Å²) in [6.45, 7) is 0.542. The fourth-order valence-electron chi connectivity index (χ4n) is 1.65. The van der Waals surface area contributed by atoms with Crippen molar-refractivity contribution in [3.8, 4) is 0 Å². The summed E-state index contributed by atoms with van der Waals surface area (Å²) in [5, 5.41) is 9.65. The Balaban J connectivity index is 2.47. The fraction of sp³-hybridized carbons (Fsp3) is 1.00. The zero-order valence-corrected chi connectivity index (χ0v) is 8.92. The van der Waals surface area contributed by atoms with Crippen molar-refractivity contribution in [3.05, 3.63) is 0 Å². The molecule has 0 aromatic carbocycles. The third-order valence-electron chi connectivity index (χ3n) is 2.36. The van der Waals surface area contributed by atoms with Crippen molar-refractivity contribution >= 4 is 9.84 Å². The first kappa shape index (κ1) is 10.9. The molecule has 1 saturated heterocycles. The molecule has 0 aromatic heterocycles. The van der Waals surface area contributed by atoms with E-state index >= 15 is 0 Å². The summed E-state index contributed by atoms with van der Waals surface area (Å²) in [4.78, 5) is 1.87. The van der Waals surface area contributed by atoms with Crippen LogP contribution in [0.15, 0.2) is 0 Å². The van der Waals surface area contributed by atoms with Gasteiger partial charge in [0.05, 0.1) is 17.6 Å². The lowest BCUT2D eigenvalue weighted by molar-refractivity contribution is 0.0899. The van der Waals surface area contributed by atoms with E-state index in [4.69, 9.17) is 0 Å². The highest BCUT2D eigenvalue weighted by atomic mass is 32.2. The molecular weight excluding hydrogens is 190 g/mol. The summed E-state index contributed by atoms with van der Waals surface area (Å²) < 4.78 is 22.2.